The Kier molecular flexibility index (Phi) is 6.62. The number of carbonyl (C=O) groups is 1. The average Bonchev–Trinajstić information content (AvgIpc) is 2.11. The first-order valence-electron chi connectivity index (χ1n) is 4.45. The molecule has 0 aliphatic carbocycles. The van der Waals surface area contributed by atoms with E-state index >= 15 is 0 Å². The van der Waals surface area contributed by atoms with Crippen molar-refractivity contribution in [3.05, 3.63) is 0 Å². The van der Waals surface area contributed by atoms with E-state index in [0.717, 1.165) is 6.42 Å². The molecule has 0 aliphatic rings. The van der Waals surface area contributed by atoms with Crippen molar-refractivity contribution in [2.75, 3.05) is 20.8 Å². The molecule has 0 saturated heterocycles. The highest BCUT2D eigenvalue weighted by Gasteiger charge is 2.16. The van der Waals surface area contributed by atoms with Crippen LogP contribution in [0, 0.1) is 0 Å². The Labute approximate surface area is 81.2 Å². The van der Waals surface area contributed by atoms with E-state index < -0.39 is 8.80 Å². The smallest absolute Gasteiger partial charge is 0.406 e. The molecule has 1 unspecified atom stereocenters. The second kappa shape index (κ2) is 6.91. The van der Waals surface area contributed by atoms with Crippen LogP contribution in [0.2, 0.25) is 13.1 Å². The zero-order chi connectivity index (χ0) is 10.3. The number of hydrogen-bond acceptors (Lipinski definition) is 3. The first kappa shape index (κ1) is 12.4. The summed E-state index contributed by atoms with van der Waals surface area (Å²) in [5.41, 5.74) is 0.257. The summed E-state index contributed by atoms with van der Waals surface area (Å²) in [5, 5.41) is 2.82. The van der Waals surface area contributed by atoms with Crippen LogP contribution in [0.4, 0.5) is 4.79 Å². The minimum absolute atomic E-state index is 0.257. The molecular weight excluding hydrogens is 186 g/mol. The van der Waals surface area contributed by atoms with Crippen LogP contribution < -0.4 is 5.32 Å². The Morgan fingerprint density at radius 2 is 2.08 bits per heavy atom. The standard InChI is InChI=1S/C8H19NO3Si/c1-11-6-5-7(13(3)4)9-8(10)12-2/h7,13H,5-6H2,1-4H3,(H,9,10). The Morgan fingerprint density at radius 3 is 2.46 bits per heavy atom. The van der Waals surface area contributed by atoms with Crippen molar-refractivity contribution < 1.29 is 14.3 Å². The van der Waals surface area contributed by atoms with Gasteiger partial charge < -0.3 is 14.8 Å². The van der Waals surface area contributed by atoms with Crippen molar-refractivity contribution in [2.45, 2.75) is 25.2 Å². The molecule has 13 heavy (non-hydrogen) atoms. The molecule has 1 atom stereocenters. The lowest BCUT2D eigenvalue weighted by molar-refractivity contribution is 0.162. The highest BCUT2D eigenvalue weighted by atomic mass is 28.3. The molecule has 4 nitrogen and oxygen atoms in total. The van der Waals surface area contributed by atoms with Gasteiger partial charge in [0, 0.05) is 19.4 Å². The third-order valence-corrected chi connectivity index (χ3v) is 4.04. The lowest BCUT2D eigenvalue weighted by Crippen LogP contribution is -2.43. The van der Waals surface area contributed by atoms with E-state index in [9.17, 15) is 4.79 Å². The number of methoxy groups -OCH3 is 2. The van der Waals surface area contributed by atoms with Crippen molar-refractivity contribution >= 4 is 14.9 Å². The monoisotopic (exact) mass is 205 g/mol. The van der Waals surface area contributed by atoms with Gasteiger partial charge in [0.25, 0.3) is 0 Å². The summed E-state index contributed by atoms with van der Waals surface area (Å²) < 4.78 is 9.51. The average molecular weight is 205 g/mol. The molecule has 0 bridgehead atoms. The Morgan fingerprint density at radius 1 is 1.46 bits per heavy atom. The third kappa shape index (κ3) is 5.65. The molecule has 0 aromatic heterocycles. The van der Waals surface area contributed by atoms with Gasteiger partial charge in [-0.1, -0.05) is 13.1 Å². The number of nitrogens with one attached hydrogen (secondary N) is 1. The second-order valence-electron chi connectivity index (χ2n) is 3.27. The van der Waals surface area contributed by atoms with E-state index in [2.05, 4.69) is 23.1 Å². The maximum atomic E-state index is 10.9. The summed E-state index contributed by atoms with van der Waals surface area (Å²) in [5.74, 6) is 0. The van der Waals surface area contributed by atoms with Crippen molar-refractivity contribution in [1.29, 1.82) is 0 Å². The topological polar surface area (TPSA) is 47.6 Å². The van der Waals surface area contributed by atoms with Crippen LogP contribution in [0.1, 0.15) is 6.42 Å². The fraction of sp³-hybridized carbons (Fsp3) is 0.875. The normalized spacial score (nSPS) is 12.7. The number of amides is 1. The van der Waals surface area contributed by atoms with Gasteiger partial charge in [-0.3, -0.25) is 0 Å². The van der Waals surface area contributed by atoms with E-state index in [-0.39, 0.29) is 11.8 Å². The minimum Gasteiger partial charge on any atom is -0.453 e. The summed E-state index contributed by atoms with van der Waals surface area (Å²) >= 11 is 0. The Bertz CT molecular complexity index is 152. The summed E-state index contributed by atoms with van der Waals surface area (Å²) in [4.78, 5) is 10.9. The molecule has 0 aliphatic heterocycles. The van der Waals surface area contributed by atoms with E-state index in [4.69, 9.17) is 4.74 Å². The van der Waals surface area contributed by atoms with Gasteiger partial charge in [-0.2, -0.15) is 0 Å². The number of ether oxygens (including phenoxy) is 2. The predicted molar refractivity (Wildman–Crippen MR) is 54.7 cm³/mol. The van der Waals surface area contributed by atoms with Crippen LogP contribution in [-0.4, -0.2) is 41.4 Å². The molecule has 78 valence electrons. The van der Waals surface area contributed by atoms with Crippen molar-refractivity contribution in [3.8, 4) is 0 Å². The summed E-state index contributed by atoms with van der Waals surface area (Å²) in [6.45, 7) is 5.06. The van der Waals surface area contributed by atoms with E-state index in [0.29, 0.717) is 6.61 Å². The first-order valence-corrected chi connectivity index (χ1v) is 7.42. The predicted octanol–water partition coefficient (Wildman–Crippen LogP) is 0.773. The fourth-order valence-corrected chi connectivity index (χ4v) is 2.30. The Balaban J connectivity index is 3.87. The summed E-state index contributed by atoms with van der Waals surface area (Å²) in [7, 11) is 2.16. The third-order valence-electron chi connectivity index (χ3n) is 1.93. The van der Waals surface area contributed by atoms with Gasteiger partial charge >= 0.3 is 6.09 Å². The molecular formula is C8H19NO3Si. The number of hydrogen-bond donors (Lipinski definition) is 1. The van der Waals surface area contributed by atoms with Gasteiger partial charge in [0.05, 0.1) is 15.9 Å². The molecule has 1 amide bonds. The molecule has 0 saturated carbocycles. The number of alkyl carbamates (subject to hydrolysis) is 1. The van der Waals surface area contributed by atoms with Gasteiger partial charge in [0.1, 0.15) is 0 Å². The van der Waals surface area contributed by atoms with Crippen LogP contribution in [0.5, 0.6) is 0 Å². The van der Waals surface area contributed by atoms with Crippen molar-refractivity contribution in [1.82, 2.24) is 5.32 Å². The van der Waals surface area contributed by atoms with Gasteiger partial charge in [-0.05, 0) is 6.42 Å². The fourth-order valence-electron chi connectivity index (χ4n) is 1.03. The maximum absolute atomic E-state index is 10.9. The largest absolute Gasteiger partial charge is 0.453 e. The van der Waals surface area contributed by atoms with Crippen molar-refractivity contribution in [3.63, 3.8) is 0 Å². The van der Waals surface area contributed by atoms with Crippen LogP contribution in [0.3, 0.4) is 0 Å². The SMILES string of the molecule is COCCC(NC(=O)OC)[SiH](C)C. The second-order valence-corrected chi connectivity index (χ2v) is 6.56. The molecule has 0 aromatic rings. The molecule has 0 spiro atoms. The van der Waals surface area contributed by atoms with Crippen LogP contribution in [0.15, 0.2) is 0 Å². The zero-order valence-corrected chi connectivity index (χ0v) is 9.95. The molecule has 0 rings (SSSR count). The van der Waals surface area contributed by atoms with Gasteiger partial charge in [-0.15, -0.1) is 0 Å². The van der Waals surface area contributed by atoms with Gasteiger partial charge in [0.2, 0.25) is 0 Å². The first-order chi connectivity index (χ1) is 6.11. The molecule has 0 fully saturated rings. The van der Waals surface area contributed by atoms with Gasteiger partial charge in [-0.25, -0.2) is 4.79 Å². The highest BCUT2D eigenvalue weighted by molar-refractivity contribution is 6.57. The minimum atomic E-state index is -0.879. The van der Waals surface area contributed by atoms with E-state index in [1.807, 2.05) is 0 Å². The molecule has 0 heterocycles. The number of carbonyl (C=O) groups excluding carboxylic acids is 1. The highest BCUT2D eigenvalue weighted by Crippen LogP contribution is 1.98. The molecule has 0 aromatic carbocycles. The molecule has 1 N–H and O–H groups in total. The Hall–Kier alpha value is -0.553. The maximum Gasteiger partial charge on any atom is 0.406 e. The van der Waals surface area contributed by atoms with Crippen LogP contribution in [-0.2, 0) is 9.47 Å². The van der Waals surface area contributed by atoms with Crippen LogP contribution >= 0.6 is 0 Å². The van der Waals surface area contributed by atoms with E-state index in [1.54, 1.807) is 7.11 Å². The molecule has 5 heteroatoms. The van der Waals surface area contributed by atoms with Gasteiger partial charge in [0.15, 0.2) is 0 Å². The zero-order valence-electron chi connectivity index (χ0n) is 8.79. The van der Waals surface area contributed by atoms with E-state index in [1.165, 1.54) is 7.11 Å². The summed E-state index contributed by atoms with van der Waals surface area (Å²) in [6, 6.07) is 0. The lowest BCUT2D eigenvalue weighted by atomic mass is 10.4. The molecule has 0 radical (unpaired) electrons. The quantitative estimate of drug-likeness (QED) is 0.675. The van der Waals surface area contributed by atoms with Crippen LogP contribution in [0.25, 0.3) is 0 Å². The summed E-state index contributed by atoms with van der Waals surface area (Å²) in [6.07, 6.45) is 0.525. The van der Waals surface area contributed by atoms with Crippen molar-refractivity contribution in [2.24, 2.45) is 0 Å². The lowest BCUT2D eigenvalue weighted by Gasteiger charge is -2.20. The number of rotatable bonds is 5.